The topological polar surface area (TPSA) is 56.0 Å². The van der Waals surface area contributed by atoms with Crippen LogP contribution in [0.4, 0.5) is 23.4 Å². The predicted octanol–water partition coefficient (Wildman–Crippen LogP) is 3.36. The molecule has 0 atom stereocenters. The van der Waals surface area contributed by atoms with Crippen molar-refractivity contribution in [1.29, 1.82) is 0 Å². The van der Waals surface area contributed by atoms with Crippen LogP contribution in [-0.2, 0) is 6.18 Å². The Bertz CT molecular complexity index is 690. The number of benzene rings is 1. The van der Waals surface area contributed by atoms with Gasteiger partial charge in [0.1, 0.15) is 11.6 Å². The van der Waals surface area contributed by atoms with Crippen molar-refractivity contribution in [3.8, 4) is 0 Å². The van der Waals surface area contributed by atoms with Crippen molar-refractivity contribution in [1.82, 2.24) is 4.98 Å². The summed E-state index contributed by atoms with van der Waals surface area (Å²) >= 11 is 0. The van der Waals surface area contributed by atoms with Gasteiger partial charge < -0.3 is 5.73 Å². The molecule has 0 saturated carbocycles. The van der Waals surface area contributed by atoms with Crippen LogP contribution in [0.15, 0.2) is 30.5 Å². The zero-order valence-electron chi connectivity index (χ0n) is 10.8. The molecule has 2 rings (SSSR count). The summed E-state index contributed by atoms with van der Waals surface area (Å²) in [7, 11) is 0. The minimum atomic E-state index is -4.77. The maximum atomic E-state index is 13.2. The van der Waals surface area contributed by atoms with Crippen LogP contribution >= 0.6 is 0 Å². The summed E-state index contributed by atoms with van der Waals surface area (Å²) in [5, 5.41) is 0. The van der Waals surface area contributed by atoms with Gasteiger partial charge in [-0.25, -0.2) is 9.37 Å². The minimum absolute atomic E-state index is 0.159. The number of nitrogen functional groups attached to an aromatic ring is 1. The lowest BCUT2D eigenvalue weighted by molar-refractivity contribution is -0.137. The Balaban J connectivity index is 2.67. The van der Waals surface area contributed by atoms with E-state index in [4.69, 9.17) is 5.73 Å². The monoisotopic (exact) mass is 298 g/mol. The first-order chi connectivity index (χ1) is 9.71. The van der Waals surface area contributed by atoms with Gasteiger partial charge in [-0.2, -0.15) is 13.2 Å². The van der Waals surface area contributed by atoms with Gasteiger partial charge in [-0.15, -0.1) is 0 Å². The summed E-state index contributed by atoms with van der Waals surface area (Å²) in [6.07, 6.45) is -3.44. The molecule has 7 heteroatoms. The molecule has 110 valence electrons. The molecule has 1 aromatic heterocycles. The van der Waals surface area contributed by atoms with Crippen molar-refractivity contribution in [3.63, 3.8) is 0 Å². The number of alkyl halides is 3. The van der Waals surface area contributed by atoms with E-state index in [1.807, 2.05) is 0 Å². The summed E-state index contributed by atoms with van der Waals surface area (Å²) in [4.78, 5) is 16.0. The number of hydrogen-bond donors (Lipinski definition) is 1. The number of carbonyl (C=O) groups is 1. The molecular formula is C14H10F4N2O. The van der Waals surface area contributed by atoms with Gasteiger partial charge in [-0.3, -0.25) is 4.79 Å². The van der Waals surface area contributed by atoms with Gasteiger partial charge in [0.05, 0.1) is 11.1 Å². The fourth-order valence-corrected chi connectivity index (χ4v) is 1.96. The minimum Gasteiger partial charge on any atom is -0.383 e. The van der Waals surface area contributed by atoms with Crippen LogP contribution in [0.2, 0.25) is 0 Å². The zero-order valence-corrected chi connectivity index (χ0v) is 10.8. The lowest BCUT2D eigenvalue weighted by Gasteiger charge is -2.14. The van der Waals surface area contributed by atoms with E-state index in [0.717, 1.165) is 0 Å². The Morgan fingerprint density at radius 2 is 1.90 bits per heavy atom. The van der Waals surface area contributed by atoms with Gasteiger partial charge in [-0.1, -0.05) is 0 Å². The van der Waals surface area contributed by atoms with Gasteiger partial charge in [0.15, 0.2) is 5.78 Å². The van der Waals surface area contributed by atoms with E-state index in [1.54, 1.807) is 0 Å². The van der Waals surface area contributed by atoms with Crippen LogP contribution in [0.25, 0.3) is 0 Å². The number of pyridine rings is 1. The molecule has 21 heavy (non-hydrogen) atoms. The Hall–Kier alpha value is -2.44. The fraction of sp³-hybridized carbons (Fsp3) is 0.143. The molecule has 1 heterocycles. The van der Waals surface area contributed by atoms with E-state index in [9.17, 15) is 22.4 Å². The molecule has 0 amide bonds. The lowest BCUT2D eigenvalue weighted by atomic mass is 9.95. The number of anilines is 1. The molecule has 0 bridgehead atoms. The summed E-state index contributed by atoms with van der Waals surface area (Å²) < 4.78 is 52.1. The Morgan fingerprint density at radius 1 is 1.24 bits per heavy atom. The van der Waals surface area contributed by atoms with Crippen molar-refractivity contribution in [2.45, 2.75) is 13.1 Å². The van der Waals surface area contributed by atoms with Gasteiger partial charge in [0.2, 0.25) is 0 Å². The van der Waals surface area contributed by atoms with E-state index in [2.05, 4.69) is 4.98 Å². The number of rotatable bonds is 2. The number of aromatic nitrogens is 1. The molecule has 0 unspecified atom stereocenters. The molecular weight excluding hydrogens is 288 g/mol. The van der Waals surface area contributed by atoms with Crippen molar-refractivity contribution in [2.75, 3.05) is 5.73 Å². The molecule has 0 saturated heterocycles. The first-order valence-corrected chi connectivity index (χ1v) is 5.84. The summed E-state index contributed by atoms with van der Waals surface area (Å²) in [5.74, 6) is -2.14. The average Bonchev–Trinajstić information content (AvgIpc) is 2.36. The highest BCUT2D eigenvalue weighted by Crippen LogP contribution is 2.34. The molecule has 0 spiro atoms. The molecule has 2 aromatic rings. The maximum Gasteiger partial charge on any atom is 0.417 e. The first-order valence-electron chi connectivity index (χ1n) is 5.84. The van der Waals surface area contributed by atoms with Gasteiger partial charge in [0.25, 0.3) is 0 Å². The van der Waals surface area contributed by atoms with Crippen LogP contribution in [0.5, 0.6) is 0 Å². The smallest absolute Gasteiger partial charge is 0.383 e. The Kier molecular flexibility index (Phi) is 3.67. The molecule has 0 aliphatic rings. The third-order valence-electron chi connectivity index (χ3n) is 2.95. The van der Waals surface area contributed by atoms with Crippen molar-refractivity contribution < 1.29 is 22.4 Å². The maximum absolute atomic E-state index is 13.2. The van der Waals surface area contributed by atoms with Crippen molar-refractivity contribution in [3.05, 3.63) is 58.5 Å². The molecule has 0 aliphatic heterocycles. The summed E-state index contributed by atoms with van der Waals surface area (Å²) in [6, 6.07) is 3.18. The Morgan fingerprint density at radius 3 is 2.48 bits per heavy atom. The number of halogens is 4. The number of nitrogens with two attached hydrogens (primary N) is 1. The largest absolute Gasteiger partial charge is 0.417 e. The van der Waals surface area contributed by atoms with Gasteiger partial charge in [-0.05, 0) is 36.8 Å². The molecule has 2 N–H and O–H groups in total. The van der Waals surface area contributed by atoms with Crippen LogP contribution < -0.4 is 5.73 Å². The fourth-order valence-electron chi connectivity index (χ4n) is 1.96. The van der Waals surface area contributed by atoms with Gasteiger partial charge in [0, 0.05) is 11.8 Å². The second kappa shape index (κ2) is 5.16. The van der Waals surface area contributed by atoms with Crippen LogP contribution in [0.3, 0.4) is 0 Å². The molecule has 1 aromatic carbocycles. The number of carbonyl (C=O) groups excluding carboxylic acids is 1. The summed E-state index contributed by atoms with van der Waals surface area (Å²) in [5.41, 5.74) is 3.76. The van der Waals surface area contributed by atoms with E-state index in [1.165, 1.54) is 19.2 Å². The summed E-state index contributed by atoms with van der Waals surface area (Å²) in [6.45, 7) is 1.51. The van der Waals surface area contributed by atoms with Crippen LogP contribution in [0, 0.1) is 12.7 Å². The van der Waals surface area contributed by atoms with E-state index < -0.39 is 28.9 Å². The highest BCUT2D eigenvalue weighted by atomic mass is 19.4. The lowest BCUT2D eigenvalue weighted by Crippen LogP contribution is -2.16. The number of aryl methyl sites for hydroxylation is 1. The molecule has 0 fully saturated rings. The Labute approximate surface area is 117 Å². The number of nitrogens with zero attached hydrogens (tertiary/aromatic N) is 1. The predicted molar refractivity (Wildman–Crippen MR) is 68.2 cm³/mol. The number of ketones is 1. The molecule has 0 aliphatic carbocycles. The van der Waals surface area contributed by atoms with Crippen LogP contribution in [-0.4, -0.2) is 10.8 Å². The highest BCUT2D eigenvalue weighted by Gasteiger charge is 2.36. The first kappa shape index (κ1) is 15.0. The molecule has 0 radical (unpaired) electrons. The van der Waals surface area contributed by atoms with Crippen LogP contribution in [0.1, 0.15) is 27.0 Å². The zero-order chi connectivity index (χ0) is 15.8. The van der Waals surface area contributed by atoms with E-state index >= 15 is 0 Å². The third kappa shape index (κ3) is 2.86. The average molecular weight is 298 g/mol. The number of hydrogen-bond acceptors (Lipinski definition) is 3. The van der Waals surface area contributed by atoms with Crippen molar-refractivity contribution >= 4 is 11.6 Å². The second-order valence-corrected chi connectivity index (χ2v) is 4.40. The third-order valence-corrected chi connectivity index (χ3v) is 2.95. The highest BCUT2D eigenvalue weighted by molar-refractivity contribution is 6.13. The van der Waals surface area contributed by atoms with Crippen molar-refractivity contribution in [2.24, 2.45) is 0 Å². The molecule has 3 nitrogen and oxygen atoms in total. The second-order valence-electron chi connectivity index (χ2n) is 4.40. The quantitative estimate of drug-likeness (QED) is 0.683. The normalized spacial score (nSPS) is 11.5. The van der Waals surface area contributed by atoms with E-state index in [-0.39, 0.29) is 11.4 Å². The SMILES string of the molecule is Cc1ccnc(N)c1C(=O)c1cc(F)ccc1C(F)(F)F. The van der Waals surface area contributed by atoms with E-state index in [0.29, 0.717) is 23.8 Å². The van der Waals surface area contributed by atoms with Gasteiger partial charge >= 0.3 is 6.18 Å². The standard InChI is InChI=1S/C14H10F4N2O/c1-7-4-5-20-13(19)11(7)12(21)9-6-8(15)2-3-10(9)14(16,17)18/h2-6H,1H3,(H2,19,20).